The lowest BCUT2D eigenvalue weighted by atomic mass is 9.80. The Hall–Kier alpha value is -0.530. The molecule has 0 aliphatic rings. The Bertz CT molecular complexity index is 314. The highest BCUT2D eigenvalue weighted by molar-refractivity contribution is 6.30. The van der Waals surface area contributed by atoms with Gasteiger partial charge in [-0.15, -0.1) is 0 Å². The molecule has 0 radical (unpaired) electrons. The minimum atomic E-state index is 0.208. The first-order valence-electron chi connectivity index (χ1n) is 5.93. The largest absolute Gasteiger partial charge is 0.328 e. The number of halogens is 1. The molecular formula is C14H22ClN. The Labute approximate surface area is 104 Å². The van der Waals surface area contributed by atoms with Gasteiger partial charge in [0.25, 0.3) is 0 Å². The number of hydrogen-bond acceptors (Lipinski definition) is 1. The molecule has 0 saturated carbocycles. The van der Waals surface area contributed by atoms with Crippen LogP contribution in [0.25, 0.3) is 0 Å². The zero-order chi connectivity index (χ0) is 12.2. The average molecular weight is 240 g/mol. The van der Waals surface area contributed by atoms with Gasteiger partial charge in [-0.25, -0.2) is 0 Å². The maximum atomic E-state index is 5.89. The Kier molecular flexibility index (Phi) is 4.82. The van der Waals surface area contributed by atoms with Crippen molar-refractivity contribution in [3.05, 3.63) is 34.9 Å². The van der Waals surface area contributed by atoms with Crippen molar-refractivity contribution in [1.82, 2.24) is 0 Å². The van der Waals surface area contributed by atoms with Gasteiger partial charge in [0, 0.05) is 11.1 Å². The quantitative estimate of drug-likeness (QED) is 0.821. The van der Waals surface area contributed by atoms with Crippen LogP contribution in [0.1, 0.15) is 45.6 Å². The monoisotopic (exact) mass is 239 g/mol. The zero-order valence-corrected chi connectivity index (χ0v) is 11.2. The highest BCUT2D eigenvalue weighted by Crippen LogP contribution is 2.29. The molecule has 2 heteroatoms. The molecule has 0 aliphatic heterocycles. The maximum Gasteiger partial charge on any atom is 0.0406 e. The lowest BCUT2D eigenvalue weighted by Gasteiger charge is -2.25. The first-order chi connectivity index (χ1) is 7.42. The molecule has 0 spiro atoms. The summed E-state index contributed by atoms with van der Waals surface area (Å²) in [6, 6.07) is 8.47. The summed E-state index contributed by atoms with van der Waals surface area (Å²) in [5.41, 5.74) is 7.32. The predicted molar refractivity (Wildman–Crippen MR) is 72.0 cm³/mol. The van der Waals surface area contributed by atoms with E-state index in [1.54, 1.807) is 0 Å². The molecule has 0 amide bonds. The summed E-state index contributed by atoms with van der Waals surface area (Å²) in [6.45, 7) is 6.62. The second-order valence-corrected chi connectivity index (χ2v) is 5.70. The minimum Gasteiger partial charge on any atom is -0.328 e. The van der Waals surface area contributed by atoms with Crippen molar-refractivity contribution in [2.45, 2.75) is 51.5 Å². The Morgan fingerprint density at radius 2 is 1.81 bits per heavy atom. The second kappa shape index (κ2) is 5.70. The summed E-state index contributed by atoms with van der Waals surface area (Å²) in [6.07, 6.45) is 3.43. The smallest absolute Gasteiger partial charge is 0.0406 e. The topological polar surface area (TPSA) is 26.0 Å². The van der Waals surface area contributed by atoms with E-state index in [2.05, 4.69) is 32.9 Å². The third-order valence-corrected chi connectivity index (χ3v) is 3.34. The van der Waals surface area contributed by atoms with E-state index in [1.807, 2.05) is 12.1 Å². The SMILES string of the molecule is CC(N)CCCC(C)(C)c1ccc(Cl)cc1. The molecule has 0 saturated heterocycles. The molecule has 0 aliphatic carbocycles. The van der Waals surface area contributed by atoms with Gasteiger partial charge in [0.2, 0.25) is 0 Å². The molecule has 1 atom stereocenters. The van der Waals surface area contributed by atoms with Crippen molar-refractivity contribution >= 4 is 11.6 Å². The summed E-state index contributed by atoms with van der Waals surface area (Å²) < 4.78 is 0. The molecule has 0 aromatic heterocycles. The van der Waals surface area contributed by atoms with Crippen molar-refractivity contribution in [2.75, 3.05) is 0 Å². The van der Waals surface area contributed by atoms with Gasteiger partial charge in [0.05, 0.1) is 0 Å². The maximum absolute atomic E-state index is 5.89. The van der Waals surface area contributed by atoms with Gasteiger partial charge in [0.15, 0.2) is 0 Å². The van der Waals surface area contributed by atoms with Crippen molar-refractivity contribution in [3.63, 3.8) is 0 Å². The fourth-order valence-electron chi connectivity index (χ4n) is 1.91. The molecule has 0 fully saturated rings. The first-order valence-corrected chi connectivity index (χ1v) is 6.31. The van der Waals surface area contributed by atoms with Crippen LogP contribution in [-0.2, 0) is 5.41 Å². The van der Waals surface area contributed by atoms with Gasteiger partial charge in [-0.1, -0.05) is 44.0 Å². The molecule has 1 aromatic carbocycles. The van der Waals surface area contributed by atoms with Crippen LogP contribution >= 0.6 is 11.6 Å². The minimum absolute atomic E-state index is 0.208. The molecule has 1 rings (SSSR count). The summed E-state index contributed by atoms with van der Waals surface area (Å²) >= 11 is 5.89. The van der Waals surface area contributed by atoms with E-state index in [0.29, 0.717) is 6.04 Å². The van der Waals surface area contributed by atoms with E-state index in [9.17, 15) is 0 Å². The molecule has 0 heterocycles. The first kappa shape index (κ1) is 13.5. The number of nitrogens with two attached hydrogens (primary N) is 1. The van der Waals surface area contributed by atoms with Crippen molar-refractivity contribution in [3.8, 4) is 0 Å². The van der Waals surface area contributed by atoms with Gasteiger partial charge in [-0.2, -0.15) is 0 Å². The number of rotatable bonds is 5. The van der Waals surface area contributed by atoms with Gasteiger partial charge in [-0.05, 0) is 42.9 Å². The summed E-state index contributed by atoms with van der Waals surface area (Å²) in [5.74, 6) is 0. The molecule has 90 valence electrons. The van der Waals surface area contributed by atoms with Crippen molar-refractivity contribution in [1.29, 1.82) is 0 Å². The van der Waals surface area contributed by atoms with Crippen LogP contribution in [0.4, 0.5) is 0 Å². The fourth-order valence-corrected chi connectivity index (χ4v) is 2.04. The molecule has 0 bridgehead atoms. The van der Waals surface area contributed by atoms with Crippen LogP contribution in [-0.4, -0.2) is 6.04 Å². The number of benzene rings is 1. The highest BCUT2D eigenvalue weighted by Gasteiger charge is 2.19. The summed E-state index contributed by atoms with van der Waals surface area (Å²) in [5, 5.41) is 0.801. The summed E-state index contributed by atoms with van der Waals surface area (Å²) in [7, 11) is 0. The lowest BCUT2D eigenvalue weighted by molar-refractivity contribution is 0.439. The predicted octanol–water partition coefficient (Wildman–Crippen LogP) is 4.14. The van der Waals surface area contributed by atoms with Crippen LogP contribution in [0.2, 0.25) is 5.02 Å². The summed E-state index contributed by atoms with van der Waals surface area (Å²) in [4.78, 5) is 0. The van der Waals surface area contributed by atoms with Gasteiger partial charge in [0.1, 0.15) is 0 Å². The average Bonchev–Trinajstić information content (AvgIpc) is 2.17. The molecule has 2 N–H and O–H groups in total. The van der Waals surface area contributed by atoms with E-state index in [4.69, 9.17) is 17.3 Å². The fraction of sp³-hybridized carbons (Fsp3) is 0.571. The number of hydrogen-bond donors (Lipinski definition) is 1. The van der Waals surface area contributed by atoms with Crippen LogP contribution in [0, 0.1) is 0 Å². The molecule has 1 nitrogen and oxygen atoms in total. The van der Waals surface area contributed by atoms with Gasteiger partial charge < -0.3 is 5.73 Å². The van der Waals surface area contributed by atoms with E-state index in [1.165, 1.54) is 12.0 Å². The van der Waals surface area contributed by atoms with Gasteiger partial charge >= 0.3 is 0 Å². The Morgan fingerprint density at radius 3 is 2.31 bits per heavy atom. The van der Waals surface area contributed by atoms with E-state index >= 15 is 0 Å². The van der Waals surface area contributed by atoms with E-state index in [0.717, 1.165) is 17.9 Å². The molecule has 16 heavy (non-hydrogen) atoms. The highest BCUT2D eigenvalue weighted by atomic mass is 35.5. The lowest BCUT2D eigenvalue weighted by Crippen LogP contribution is -2.20. The van der Waals surface area contributed by atoms with Crippen LogP contribution in [0.5, 0.6) is 0 Å². The Balaban J connectivity index is 2.59. The van der Waals surface area contributed by atoms with Crippen LogP contribution < -0.4 is 5.73 Å². The van der Waals surface area contributed by atoms with Crippen molar-refractivity contribution < 1.29 is 0 Å². The van der Waals surface area contributed by atoms with Crippen molar-refractivity contribution in [2.24, 2.45) is 5.73 Å². The molecule has 1 aromatic rings. The third-order valence-electron chi connectivity index (χ3n) is 3.09. The van der Waals surface area contributed by atoms with E-state index in [-0.39, 0.29) is 5.41 Å². The van der Waals surface area contributed by atoms with E-state index < -0.39 is 0 Å². The van der Waals surface area contributed by atoms with Crippen LogP contribution in [0.15, 0.2) is 24.3 Å². The zero-order valence-electron chi connectivity index (χ0n) is 10.5. The standard InChI is InChI=1S/C14H22ClN/c1-11(16)5-4-10-14(2,3)12-6-8-13(15)9-7-12/h6-9,11H,4-5,10,16H2,1-3H3. The second-order valence-electron chi connectivity index (χ2n) is 5.26. The molecular weight excluding hydrogens is 218 g/mol. The Morgan fingerprint density at radius 1 is 1.25 bits per heavy atom. The van der Waals surface area contributed by atoms with Crippen LogP contribution in [0.3, 0.4) is 0 Å². The molecule has 1 unspecified atom stereocenters. The normalized spacial score (nSPS) is 13.8. The third kappa shape index (κ3) is 4.15. The van der Waals surface area contributed by atoms with Gasteiger partial charge in [-0.3, -0.25) is 0 Å².